The van der Waals surface area contributed by atoms with Gasteiger partial charge < -0.3 is 5.32 Å². The monoisotopic (exact) mass is 305 g/mol. The Morgan fingerprint density at radius 1 is 1.15 bits per heavy atom. The Labute approximate surface area is 130 Å². The molecule has 3 heteroatoms. The molecule has 20 heavy (non-hydrogen) atoms. The van der Waals surface area contributed by atoms with Crippen LogP contribution in [0.1, 0.15) is 22.7 Å². The van der Waals surface area contributed by atoms with E-state index in [4.69, 9.17) is 11.6 Å². The maximum Gasteiger partial charge on any atom is 0.0409 e. The quantitative estimate of drug-likeness (QED) is 0.819. The van der Waals surface area contributed by atoms with Crippen LogP contribution in [0.25, 0.3) is 0 Å². The molecule has 0 spiro atoms. The lowest BCUT2D eigenvalue weighted by atomic mass is 10.1. The van der Waals surface area contributed by atoms with Gasteiger partial charge in [0.2, 0.25) is 0 Å². The maximum atomic E-state index is 5.90. The summed E-state index contributed by atoms with van der Waals surface area (Å²) >= 11 is 7.84. The molecule has 0 amide bonds. The van der Waals surface area contributed by atoms with E-state index in [-0.39, 0.29) is 0 Å². The zero-order valence-corrected chi connectivity index (χ0v) is 13.5. The van der Waals surface area contributed by atoms with Crippen LogP contribution < -0.4 is 5.32 Å². The van der Waals surface area contributed by atoms with E-state index in [9.17, 15) is 0 Å². The van der Waals surface area contributed by atoms with Crippen molar-refractivity contribution in [1.29, 1.82) is 0 Å². The van der Waals surface area contributed by atoms with Crippen molar-refractivity contribution in [2.24, 2.45) is 0 Å². The molecule has 1 atom stereocenters. The topological polar surface area (TPSA) is 12.0 Å². The van der Waals surface area contributed by atoms with Crippen molar-refractivity contribution in [2.45, 2.75) is 18.7 Å². The summed E-state index contributed by atoms with van der Waals surface area (Å²) in [5.41, 5.74) is 3.99. The van der Waals surface area contributed by atoms with Crippen molar-refractivity contribution in [2.75, 3.05) is 12.8 Å². The van der Waals surface area contributed by atoms with Crippen molar-refractivity contribution >= 4 is 23.4 Å². The molecule has 0 saturated heterocycles. The third-order valence-corrected chi connectivity index (χ3v) is 4.62. The molecule has 0 aliphatic carbocycles. The average Bonchev–Trinajstić information content (AvgIpc) is 2.45. The molecule has 1 unspecified atom stereocenters. The van der Waals surface area contributed by atoms with Crippen LogP contribution >= 0.6 is 23.4 Å². The molecule has 106 valence electrons. The zero-order chi connectivity index (χ0) is 14.4. The van der Waals surface area contributed by atoms with Crippen molar-refractivity contribution in [3.8, 4) is 0 Å². The molecule has 0 aromatic heterocycles. The van der Waals surface area contributed by atoms with Gasteiger partial charge in [-0.15, -0.1) is 0 Å². The summed E-state index contributed by atoms with van der Waals surface area (Å²) in [4.78, 5) is 0. The van der Waals surface area contributed by atoms with Gasteiger partial charge in [0.05, 0.1) is 0 Å². The first-order chi connectivity index (χ1) is 9.69. The highest BCUT2D eigenvalue weighted by Gasteiger charge is 2.09. The van der Waals surface area contributed by atoms with Gasteiger partial charge in [-0.1, -0.05) is 53.6 Å². The summed E-state index contributed by atoms with van der Waals surface area (Å²) in [5, 5.41) is 4.20. The number of hydrogen-bond donors (Lipinski definition) is 1. The Hall–Kier alpha value is -0.960. The third kappa shape index (κ3) is 4.55. The molecule has 1 nitrogen and oxygen atoms in total. The van der Waals surface area contributed by atoms with Crippen LogP contribution in [0.15, 0.2) is 48.5 Å². The fraction of sp³-hybridized carbons (Fsp3) is 0.294. The lowest BCUT2D eigenvalue weighted by molar-refractivity contribution is 0.661. The van der Waals surface area contributed by atoms with Crippen LogP contribution in [0.3, 0.4) is 0 Å². The molecule has 0 radical (unpaired) electrons. The molecule has 0 bridgehead atoms. The SMILES string of the molecule is CNC(CSCc1ccc(Cl)cc1)c1cccc(C)c1. The van der Waals surface area contributed by atoms with Crippen LogP contribution in [0, 0.1) is 6.92 Å². The summed E-state index contributed by atoms with van der Waals surface area (Å²) in [5.74, 6) is 2.07. The van der Waals surface area contributed by atoms with E-state index in [0.717, 1.165) is 16.5 Å². The molecule has 0 aliphatic rings. The summed E-state index contributed by atoms with van der Waals surface area (Å²) in [6.07, 6.45) is 0. The van der Waals surface area contributed by atoms with Gasteiger partial charge in [0, 0.05) is 22.6 Å². The number of rotatable bonds is 6. The second-order valence-corrected chi connectivity index (χ2v) is 6.36. The van der Waals surface area contributed by atoms with Crippen LogP contribution in [-0.4, -0.2) is 12.8 Å². The molecular formula is C17H20ClNS. The molecule has 2 aromatic rings. The van der Waals surface area contributed by atoms with Crippen LogP contribution in [-0.2, 0) is 5.75 Å². The van der Waals surface area contributed by atoms with E-state index in [1.807, 2.05) is 30.9 Å². The highest BCUT2D eigenvalue weighted by atomic mass is 35.5. The minimum absolute atomic E-state index is 0.396. The van der Waals surface area contributed by atoms with Gasteiger partial charge in [-0.05, 0) is 37.2 Å². The Balaban J connectivity index is 1.89. The maximum absolute atomic E-state index is 5.90. The number of aryl methyl sites for hydroxylation is 1. The average molecular weight is 306 g/mol. The third-order valence-electron chi connectivity index (χ3n) is 3.26. The van der Waals surface area contributed by atoms with Crippen LogP contribution in [0.2, 0.25) is 5.02 Å². The highest BCUT2D eigenvalue weighted by Crippen LogP contribution is 2.22. The fourth-order valence-electron chi connectivity index (χ4n) is 2.11. The van der Waals surface area contributed by atoms with Gasteiger partial charge in [-0.3, -0.25) is 0 Å². The number of hydrogen-bond acceptors (Lipinski definition) is 2. The summed E-state index contributed by atoms with van der Waals surface area (Å²) in [6, 6.07) is 17.2. The van der Waals surface area contributed by atoms with Crippen LogP contribution in [0.5, 0.6) is 0 Å². The predicted octanol–water partition coefficient (Wildman–Crippen LogP) is 4.84. The lowest BCUT2D eigenvalue weighted by Gasteiger charge is -2.17. The van der Waals surface area contributed by atoms with E-state index < -0.39 is 0 Å². The molecule has 0 fully saturated rings. The largest absolute Gasteiger partial charge is 0.312 e. The van der Waals surface area contributed by atoms with Crippen LogP contribution in [0.4, 0.5) is 0 Å². The second kappa shape index (κ2) is 7.72. The lowest BCUT2D eigenvalue weighted by Crippen LogP contribution is -2.18. The van der Waals surface area contributed by atoms with Gasteiger partial charge in [0.25, 0.3) is 0 Å². The molecule has 1 N–H and O–H groups in total. The smallest absolute Gasteiger partial charge is 0.0409 e. The second-order valence-electron chi connectivity index (χ2n) is 4.90. The molecule has 0 saturated carbocycles. The summed E-state index contributed by atoms with van der Waals surface area (Å²) < 4.78 is 0. The fourth-order valence-corrected chi connectivity index (χ4v) is 3.38. The Kier molecular flexibility index (Phi) is 5.96. The van der Waals surface area contributed by atoms with E-state index in [2.05, 4.69) is 48.6 Å². The predicted molar refractivity (Wildman–Crippen MR) is 90.6 cm³/mol. The molecule has 2 rings (SSSR count). The van der Waals surface area contributed by atoms with E-state index >= 15 is 0 Å². The number of thioether (sulfide) groups is 1. The summed E-state index contributed by atoms with van der Waals surface area (Å²) in [7, 11) is 2.02. The standard InChI is InChI=1S/C17H20ClNS/c1-13-4-3-5-15(10-13)17(19-2)12-20-11-14-6-8-16(18)9-7-14/h3-10,17,19H,11-12H2,1-2H3. The molecule has 0 heterocycles. The first-order valence-electron chi connectivity index (χ1n) is 6.75. The minimum Gasteiger partial charge on any atom is -0.312 e. The first-order valence-corrected chi connectivity index (χ1v) is 8.28. The van der Waals surface area contributed by atoms with E-state index in [0.29, 0.717) is 6.04 Å². The molecule has 2 aromatic carbocycles. The van der Waals surface area contributed by atoms with Crippen molar-refractivity contribution in [1.82, 2.24) is 5.32 Å². The van der Waals surface area contributed by atoms with Gasteiger partial charge in [0.1, 0.15) is 0 Å². The normalized spacial score (nSPS) is 12.3. The molecular weight excluding hydrogens is 286 g/mol. The van der Waals surface area contributed by atoms with Crippen molar-refractivity contribution in [3.05, 3.63) is 70.2 Å². The zero-order valence-electron chi connectivity index (χ0n) is 11.9. The van der Waals surface area contributed by atoms with Gasteiger partial charge in [-0.2, -0.15) is 11.8 Å². The Bertz CT molecular complexity index is 539. The number of halogens is 1. The van der Waals surface area contributed by atoms with Gasteiger partial charge in [0.15, 0.2) is 0 Å². The first kappa shape index (κ1) is 15.4. The summed E-state index contributed by atoms with van der Waals surface area (Å²) in [6.45, 7) is 2.14. The van der Waals surface area contributed by atoms with Crippen molar-refractivity contribution in [3.63, 3.8) is 0 Å². The Morgan fingerprint density at radius 3 is 2.55 bits per heavy atom. The molecule has 0 aliphatic heterocycles. The number of benzene rings is 2. The Morgan fingerprint density at radius 2 is 1.90 bits per heavy atom. The van der Waals surface area contributed by atoms with Gasteiger partial charge >= 0.3 is 0 Å². The number of nitrogens with one attached hydrogen (secondary N) is 1. The highest BCUT2D eigenvalue weighted by molar-refractivity contribution is 7.98. The van der Waals surface area contributed by atoms with E-state index in [1.165, 1.54) is 16.7 Å². The van der Waals surface area contributed by atoms with Gasteiger partial charge in [-0.25, -0.2) is 0 Å². The minimum atomic E-state index is 0.396. The van der Waals surface area contributed by atoms with Crippen molar-refractivity contribution < 1.29 is 0 Å². The van der Waals surface area contributed by atoms with E-state index in [1.54, 1.807) is 0 Å².